The van der Waals surface area contributed by atoms with Gasteiger partial charge >= 0.3 is 5.69 Å². The summed E-state index contributed by atoms with van der Waals surface area (Å²) in [5.74, 6) is -2.16. The van der Waals surface area contributed by atoms with E-state index in [0.29, 0.717) is 41.4 Å². The number of rotatable bonds is 8. The summed E-state index contributed by atoms with van der Waals surface area (Å²) in [4.78, 5) is 72.0. The predicted octanol–water partition coefficient (Wildman–Crippen LogP) is 5.90. The standard InChI is InChI=1S/C48H55Cl2FN8O5/c1-56-38-24-29(10-15-36(38)59(46(56)64)37-16-17-39(60)54-43(37)61)27-58-22-20-57(21-23-58)26-28-8-12-31(13-9-28)52-44(62)42-40(32-6-5-7-34(50)41(32)51)48(47(55-42)18-3-2-4-19-47)33-14-11-30(49)25-35(33)53-45(48)63/h5-7,10-11,14-15,24-25,28,31,37,40,42,55H,2-4,8-9,12-13,16-23,26-27H2,1H3,(H,52,62)(H,53,63)(H,54,60,61)/t28?,31?,37?,40-,42+,48+/m0/s1. The van der Waals surface area contributed by atoms with E-state index < -0.39 is 40.7 Å². The number of nitrogens with zero attached hydrogens (tertiary/aromatic N) is 4. The van der Waals surface area contributed by atoms with Gasteiger partial charge < -0.3 is 15.5 Å². The Kier molecular flexibility index (Phi) is 11.5. The van der Waals surface area contributed by atoms with Gasteiger partial charge in [-0.15, -0.1) is 0 Å². The Labute approximate surface area is 381 Å². The highest BCUT2D eigenvalue weighted by atomic mass is 35.5. The molecule has 5 heterocycles. The summed E-state index contributed by atoms with van der Waals surface area (Å²) < 4.78 is 19.4. The van der Waals surface area contributed by atoms with E-state index in [-0.39, 0.29) is 46.5 Å². The molecule has 10 rings (SSSR count). The van der Waals surface area contributed by atoms with Gasteiger partial charge in [0.25, 0.3) is 0 Å². The van der Waals surface area contributed by atoms with E-state index in [4.69, 9.17) is 23.2 Å². The molecule has 1 unspecified atom stereocenters. The second-order valence-corrected chi connectivity index (χ2v) is 20.0. The van der Waals surface area contributed by atoms with Crippen LogP contribution in [0.3, 0.4) is 0 Å². The topological polar surface area (TPSA) is 150 Å². The molecule has 0 radical (unpaired) electrons. The van der Waals surface area contributed by atoms with Crippen molar-refractivity contribution >= 4 is 63.6 Å². The Morgan fingerprint density at radius 2 is 1.61 bits per heavy atom. The molecule has 3 aromatic carbocycles. The minimum Gasteiger partial charge on any atom is -0.352 e. The van der Waals surface area contributed by atoms with Crippen LogP contribution in [-0.2, 0) is 38.2 Å². The Bertz CT molecular complexity index is 2590. The minimum absolute atomic E-state index is 0.0348. The third-order valence-corrected chi connectivity index (χ3v) is 16.1. The zero-order valence-electron chi connectivity index (χ0n) is 36.1. The number of anilines is 1. The Hall–Kier alpha value is -4.60. The maximum atomic E-state index is 16.3. The van der Waals surface area contributed by atoms with Gasteiger partial charge in [0.1, 0.15) is 17.3 Å². The number of carbonyl (C=O) groups is 4. The summed E-state index contributed by atoms with van der Waals surface area (Å²) in [7, 11) is 1.72. The van der Waals surface area contributed by atoms with E-state index in [1.165, 1.54) is 10.6 Å². The van der Waals surface area contributed by atoms with Crippen molar-refractivity contribution in [3.8, 4) is 0 Å². The van der Waals surface area contributed by atoms with Crippen LogP contribution in [0.2, 0.25) is 10.0 Å². The number of hydrogen-bond acceptors (Lipinski definition) is 8. The van der Waals surface area contributed by atoms with E-state index in [1.807, 2.05) is 24.3 Å². The number of carbonyl (C=O) groups excluding carboxylic acids is 4. The fourth-order valence-corrected chi connectivity index (χ4v) is 12.8. The highest BCUT2D eigenvalue weighted by Crippen LogP contribution is 2.63. The summed E-state index contributed by atoms with van der Waals surface area (Å²) >= 11 is 12.9. The zero-order valence-corrected chi connectivity index (χ0v) is 37.6. The van der Waals surface area contributed by atoms with Crippen LogP contribution in [0.1, 0.15) is 99.3 Å². The summed E-state index contributed by atoms with van der Waals surface area (Å²) in [6.45, 7) is 5.48. The van der Waals surface area contributed by atoms with Crippen LogP contribution in [0.4, 0.5) is 10.1 Å². The fourth-order valence-electron chi connectivity index (χ4n) is 12.5. The number of halogens is 3. The van der Waals surface area contributed by atoms with Gasteiger partial charge in [-0.2, -0.15) is 0 Å². The summed E-state index contributed by atoms with van der Waals surface area (Å²) in [5.41, 5.74) is 1.85. The van der Waals surface area contributed by atoms with E-state index >= 15 is 4.39 Å². The molecule has 16 heteroatoms. The lowest BCUT2D eigenvalue weighted by Gasteiger charge is -2.47. The van der Waals surface area contributed by atoms with Gasteiger partial charge in [0.2, 0.25) is 23.6 Å². The number of aryl methyl sites for hydroxylation is 1. The maximum Gasteiger partial charge on any atom is 0.329 e. The molecule has 6 aliphatic rings. The summed E-state index contributed by atoms with van der Waals surface area (Å²) in [6, 6.07) is 14.6. The lowest BCUT2D eigenvalue weighted by Crippen LogP contribution is -2.60. The SMILES string of the molecule is Cn1c(=O)n(C2CCC(=O)NC2=O)c2ccc(CN3CCN(CC4CCC(NC(=O)[C@@H]5NC6(CCCCC6)[C@@]6(C(=O)Nc7cc(Cl)ccc76)[C@H]5c5cccc(Cl)c5F)CC4)CC3)cc21. The van der Waals surface area contributed by atoms with Gasteiger partial charge in [0, 0.05) is 80.9 Å². The fraction of sp³-hybridized carbons (Fsp3) is 0.521. The number of amides is 4. The van der Waals surface area contributed by atoms with Crippen molar-refractivity contribution in [3.05, 3.63) is 97.6 Å². The smallest absolute Gasteiger partial charge is 0.329 e. The molecular formula is C48H55Cl2FN8O5. The zero-order chi connectivity index (χ0) is 44.5. The Balaban J connectivity index is 0.778. The van der Waals surface area contributed by atoms with Gasteiger partial charge in [0.15, 0.2) is 0 Å². The number of fused-ring (bicyclic) bond motifs is 4. The maximum absolute atomic E-state index is 16.3. The van der Waals surface area contributed by atoms with Crippen LogP contribution in [-0.4, -0.2) is 92.9 Å². The largest absolute Gasteiger partial charge is 0.352 e. The number of piperidine rings is 1. The number of imidazole rings is 1. The van der Waals surface area contributed by atoms with Crippen molar-refractivity contribution in [3.63, 3.8) is 0 Å². The molecule has 13 nitrogen and oxygen atoms in total. The first kappa shape index (κ1) is 43.3. The number of benzene rings is 3. The monoisotopic (exact) mass is 912 g/mol. The molecule has 3 saturated heterocycles. The Morgan fingerprint density at radius 3 is 2.36 bits per heavy atom. The van der Waals surface area contributed by atoms with Crippen LogP contribution >= 0.6 is 23.2 Å². The predicted molar refractivity (Wildman–Crippen MR) is 243 cm³/mol. The van der Waals surface area contributed by atoms with E-state index in [0.717, 1.165) is 101 Å². The highest BCUT2D eigenvalue weighted by molar-refractivity contribution is 6.31. The number of hydrogen-bond donors (Lipinski definition) is 4. The third-order valence-electron chi connectivity index (χ3n) is 15.6. The average molecular weight is 914 g/mol. The molecule has 1 aromatic heterocycles. The molecule has 2 aliphatic carbocycles. The molecule has 0 bridgehead atoms. The average Bonchev–Trinajstić information content (AvgIpc) is 3.83. The van der Waals surface area contributed by atoms with Crippen LogP contribution < -0.4 is 27.0 Å². The van der Waals surface area contributed by atoms with Crippen molar-refractivity contribution < 1.29 is 23.6 Å². The van der Waals surface area contributed by atoms with Gasteiger partial charge in [-0.1, -0.05) is 66.7 Å². The van der Waals surface area contributed by atoms with E-state index in [9.17, 15) is 24.0 Å². The minimum atomic E-state index is -1.26. The van der Waals surface area contributed by atoms with Crippen LogP contribution in [0.25, 0.3) is 11.0 Å². The van der Waals surface area contributed by atoms with Crippen molar-refractivity contribution in [2.75, 3.05) is 38.0 Å². The molecule has 4 atom stereocenters. The number of piperazine rings is 1. The molecule has 2 saturated carbocycles. The lowest BCUT2D eigenvalue weighted by atomic mass is 9.55. The van der Waals surface area contributed by atoms with Crippen molar-refractivity contribution in [2.45, 2.75) is 112 Å². The summed E-state index contributed by atoms with van der Waals surface area (Å²) in [5, 5.41) is 13.1. The number of nitrogens with one attached hydrogen (secondary N) is 4. The molecule has 2 spiro atoms. The van der Waals surface area contributed by atoms with Crippen molar-refractivity contribution in [1.29, 1.82) is 0 Å². The van der Waals surface area contributed by atoms with Crippen LogP contribution in [0.5, 0.6) is 0 Å². The normalized spacial score (nSPS) is 28.4. The van der Waals surface area contributed by atoms with Gasteiger partial charge in [-0.05, 0) is 97.9 Å². The Morgan fingerprint density at radius 1 is 0.859 bits per heavy atom. The molecule has 4 aliphatic heterocycles. The third kappa shape index (κ3) is 7.28. The van der Waals surface area contributed by atoms with E-state index in [2.05, 4.69) is 31.1 Å². The molecule has 4 amide bonds. The number of aromatic nitrogens is 2. The van der Waals surface area contributed by atoms with Crippen molar-refractivity contribution in [2.24, 2.45) is 13.0 Å². The first-order valence-electron chi connectivity index (χ1n) is 23.0. The number of imide groups is 1. The van der Waals surface area contributed by atoms with Gasteiger partial charge in [-0.3, -0.25) is 43.8 Å². The van der Waals surface area contributed by atoms with Gasteiger partial charge in [0.05, 0.1) is 22.1 Å². The van der Waals surface area contributed by atoms with Crippen molar-refractivity contribution in [1.82, 2.24) is 34.9 Å². The lowest BCUT2D eigenvalue weighted by molar-refractivity contribution is -0.136. The second-order valence-electron chi connectivity index (χ2n) is 19.1. The molecule has 64 heavy (non-hydrogen) atoms. The molecular weight excluding hydrogens is 858 g/mol. The first-order chi connectivity index (χ1) is 30.9. The van der Waals surface area contributed by atoms with E-state index in [1.54, 1.807) is 35.9 Å². The highest BCUT2D eigenvalue weighted by Gasteiger charge is 2.72. The van der Waals surface area contributed by atoms with Crippen LogP contribution in [0, 0.1) is 11.7 Å². The quantitative estimate of drug-likeness (QED) is 0.160. The van der Waals surface area contributed by atoms with Gasteiger partial charge in [-0.25, -0.2) is 9.18 Å². The summed E-state index contributed by atoms with van der Waals surface area (Å²) in [6.07, 6.45) is 8.29. The van der Waals surface area contributed by atoms with Crippen LogP contribution in [0.15, 0.2) is 59.4 Å². The first-order valence-corrected chi connectivity index (χ1v) is 23.7. The second kappa shape index (κ2) is 17.0. The molecule has 4 N–H and O–H groups in total. The molecule has 5 fully saturated rings. The molecule has 4 aromatic rings. The molecule has 338 valence electrons.